The molecule has 1 aromatic carbocycles. The smallest absolute Gasteiger partial charge is 0.226 e. The highest BCUT2D eigenvalue weighted by Gasteiger charge is 2.54. The van der Waals surface area contributed by atoms with Gasteiger partial charge in [0.05, 0.1) is 0 Å². The quantitative estimate of drug-likeness (QED) is 0.667. The maximum Gasteiger partial charge on any atom is 0.226 e. The van der Waals surface area contributed by atoms with Gasteiger partial charge in [0, 0.05) is 28.5 Å². The molecule has 5 rings (SSSR count). The van der Waals surface area contributed by atoms with Gasteiger partial charge in [-0.25, -0.2) is 0 Å². The molecule has 0 aromatic heterocycles. The van der Waals surface area contributed by atoms with Crippen LogP contribution < -0.4 is 10.6 Å². The van der Waals surface area contributed by atoms with Crippen molar-refractivity contribution in [2.45, 2.75) is 51.4 Å². The van der Waals surface area contributed by atoms with E-state index < -0.39 is 0 Å². The second kappa shape index (κ2) is 7.34. The number of nitrogens with one attached hydrogen (secondary N) is 2. The summed E-state index contributed by atoms with van der Waals surface area (Å²) in [5.74, 6) is 2.59. The molecule has 2 amide bonds. The zero-order chi connectivity index (χ0) is 18.1. The van der Waals surface area contributed by atoms with Crippen LogP contribution in [0.25, 0.3) is 0 Å². The summed E-state index contributed by atoms with van der Waals surface area (Å²) >= 11 is 3.40. The fourth-order valence-electron chi connectivity index (χ4n) is 5.82. The third-order valence-corrected chi connectivity index (χ3v) is 6.99. The molecule has 4 nitrogen and oxygen atoms in total. The van der Waals surface area contributed by atoms with Gasteiger partial charge in [0.1, 0.15) is 0 Å². The first-order valence-electron chi connectivity index (χ1n) is 9.86. The van der Waals surface area contributed by atoms with Crippen LogP contribution >= 0.6 is 15.9 Å². The highest BCUT2D eigenvalue weighted by atomic mass is 79.9. The van der Waals surface area contributed by atoms with Gasteiger partial charge < -0.3 is 10.6 Å². The van der Waals surface area contributed by atoms with E-state index in [4.69, 9.17) is 0 Å². The fraction of sp³-hybridized carbons (Fsp3) is 0.619. The molecule has 1 aromatic rings. The first-order chi connectivity index (χ1) is 12.5. The lowest BCUT2D eigenvalue weighted by atomic mass is 9.49. The van der Waals surface area contributed by atoms with Gasteiger partial charge in [-0.15, -0.1) is 0 Å². The maximum absolute atomic E-state index is 12.9. The Morgan fingerprint density at radius 3 is 2.35 bits per heavy atom. The molecular formula is C21H27BrN2O2. The lowest BCUT2D eigenvalue weighted by Crippen LogP contribution is -2.53. The number of halogens is 1. The number of hydrogen-bond acceptors (Lipinski definition) is 2. The van der Waals surface area contributed by atoms with E-state index in [9.17, 15) is 9.59 Å². The van der Waals surface area contributed by atoms with Crippen molar-refractivity contribution in [3.05, 3.63) is 28.7 Å². The van der Waals surface area contributed by atoms with Crippen LogP contribution in [0.2, 0.25) is 0 Å². The van der Waals surface area contributed by atoms with Gasteiger partial charge in [-0.2, -0.15) is 0 Å². The van der Waals surface area contributed by atoms with E-state index in [0.29, 0.717) is 19.4 Å². The van der Waals surface area contributed by atoms with Gasteiger partial charge >= 0.3 is 0 Å². The summed E-state index contributed by atoms with van der Waals surface area (Å²) in [5.41, 5.74) is 0.704. The van der Waals surface area contributed by atoms with Gasteiger partial charge in [0.2, 0.25) is 11.8 Å². The van der Waals surface area contributed by atoms with E-state index in [1.165, 1.54) is 19.3 Å². The Labute approximate surface area is 163 Å². The van der Waals surface area contributed by atoms with E-state index in [-0.39, 0.29) is 17.2 Å². The van der Waals surface area contributed by atoms with Crippen LogP contribution in [0.1, 0.15) is 51.4 Å². The molecule has 4 fully saturated rings. The maximum atomic E-state index is 12.9. The first-order valence-corrected chi connectivity index (χ1v) is 10.7. The molecule has 4 saturated carbocycles. The van der Waals surface area contributed by atoms with Gasteiger partial charge in [-0.05, 0) is 80.9 Å². The van der Waals surface area contributed by atoms with Gasteiger partial charge in [0.15, 0.2) is 0 Å². The molecule has 0 heterocycles. The van der Waals surface area contributed by atoms with E-state index in [0.717, 1.165) is 47.2 Å². The summed E-state index contributed by atoms with van der Waals surface area (Å²) in [7, 11) is 0. The molecule has 0 aliphatic heterocycles. The number of benzene rings is 1. The largest absolute Gasteiger partial charge is 0.356 e. The highest BCUT2D eigenvalue weighted by molar-refractivity contribution is 9.10. The second-order valence-electron chi connectivity index (χ2n) is 8.62. The average Bonchev–Trinajstić information content (AvgIpc) is 2.57. The molecular weight excluding hydrogens is 392 g/mol. The van der Waals surface area contributed by atoms with Crippen molar-refractivity contribution in [2.24, 2.45) is 23.2 Å². The topological polar surface area (TPSA) is 58.2 Å². The molecule has 5 heteroatoms. The average molecular weight is 419 g/mol. The van der Waals surface area contributed by atoms with Crippen LogP contribution in [0, 0.1) is 23.2 Å². The SMILES string of the molecule is O=C(CCCNC(=O)C12CC3CC(CC(C3)C1)C2)Nc1cccc(Br)c1. The van der Waals surface area contributed by atoms with Gasteiger partial charge in [-0.3, -0.25) is 9.59 Å². The van der Waals surface area contributed by atoms with Crippen LogP contribution in [-0.4, -0.2) is 18.4 Å². The molecule has 0 radical (unpaired) electrons. The van der Waals surface area contributed by atoms with Crippen molar-refractivity contribution >= 4 is 33.4 Å². The number of hydrogen-bond donors (Lipinski definition) is 2. The summed E-state index contributed by atoms with van der Waals surface area (Å²) in [4.78, 5) is 24.9. The normalized spacial score (nSPS) is 31.7. The van der Waals surface area contributed by atoms with Crippen molar-refractivity contribution in [2.75, 3.05) is 11.9 Å². The Bertz CT molecular complexity index is 668. The Morgan fingerprint density at radius 2 is 1.73 bits per heavy atom. The van der Waals surface area contributed by atoms with Crippen LogP contribution in [0.4, 0.5) is 5.69 Å². The van der Waals surface area contributed by atoms with Crippen molar-refractivity contribution < 1.29 is 9.59 Å². The molecule has 0 spiro atoms. The van der Waals surface area contributed by atoms with Gasteiger partial charge in [-0.1, -0.05) is 22.0 Å². The molecule has 0 saturated heterocycles. The van der Waals surface area contributed by atoms with Crippen LogP contribution in [0.3, 0.4) is 0 Å². The van der Waals surface area contributed by atoms with Crippen molar-refractivity contribution in [1.82, 2.24) is 5.32 Å². The lowest BCUT2D eigenvalue weighted by molar-refractivity contribution is -0.146. The third-order valence-electron chi connectivity index (χ3n) is 6.49. The summed E-state index contributed by atoms with van der Waals surface area (Å²) in [6.07, 6.45) is 8.43. The van der Waals surface area contributed by atoms with E-state index in [2.05, 4.69) is 26.6 Å². The minimum absolute atomic E-state index is 0.00727. The summed E-state index contributed by atoms with van der Waals surface area (Å²) in [6, 6.07) is 7.57. The second-order valence-corrected chi connectivity index (χ2v) is 9.53. The zero-order valence-electron chi connectivity index (χ0n) is 15.1. The molecule has 4 aliphatic carbocycles. The highest BCUT2D eigenvalue weighted by Crippen LogP contribution is 2.60. The standard InChI is InChI=1S/C21H27BrN2O2/c22-17-3-1-4-18(10-17)24-19(25)5-2-6-23-20(26)21-11-14-7-15(12-21)9-16(8-14)13-21/h1,3-4,10,14-16H,2,5-9,11-13H2,(H,23,26)(H,24,25). The van der Waals surface area contributed by atoms with Crippen molar-refractivity contribution in [3.63, 3.8) is 0 Å². The lowest BCUT2D eigenvalue weighted by Gasteiger charge is -2.55. The Kier molecular flexibility index (Phi) is 5.09. The zero-order valence-corrected chi connectivity index (χ0v) is 16.7. The molecule has 4 aliphatic rings. The minimum Gasteiger partial charge on any atom is -0.356 e. The molecule has 140 valence electrons. The van der Waals surface area contributed by atoms with E-state index >= 15 is 0 Å². The van der Waals surface area contributed by atoms with Gasteiger partial charge in [0.25, 0.3) is 0 Å². The fourth-order valence-corrected chi connectivity index (χ4v) is 6.22. The third kappa shape index (κ3) is 3.83. The van der Waals surface area contributed by atoms with E-state index in [1.54, 1.807) is 0 Å². The molecule has 0 atom stereocenters. The Hall–Kier alpha value is -1.36. The Morgan fingerprint density at radius 1 is 1.08 bits per heavy atom. The molecule has 4 bridgehead atoms. The molecule has 0 unspecified atom stereocenters. The number of amides is 2. The van der Waals surface area contributed by atoms with Crippen LogP contribution in [0.15, 0.2) is 28.7 Å². The predicted octanol–water partition coefficient (Wildman–Crippen LogP) is 4.50. The van der Waals surface area contributed by atoms with Crippen molar-refractivity contribution in [3.8, 4) is 0 Å². The number of carbonyl (C=O) groups is 2. The summed E-state index contributed by atoms with van der Waals surface area (Å²) in [6.45, 7) is 0.590. The number of rotatable bonds is 6. The molecule has 2 N–H and O–H groups in total. The van der Waals surface area contributed by atoms with E-state index in [1.807, 2.05) is 24.3 Å². The molecule has 26 heavy (non-hydrogen) atoms. The van der Waals surface area contributed by atoms with Crippen LogP contribution in [-0.2, 0) is 9.59 Å². The predicted molar refractivity (Wildman–Crippen MR) is 106 cm³/mol. The van der Waals surface area contributed by atoms with Crippen molar-refractivity contribution in [1.29, 1.82) is 0 Å². The minimum atomic E-state index is -0.0900. The first kappa shape index (κ1) is 18.0. The number of anilines is 1. The Balaban J connectivity index is 1.21. The van der Waals surface area contributed by atoms with Crippen LogP contribution in [0.5, 0.6) is 0 Å². The summed E-state index contributed by atoms with van der Waals surface area (Å²) in [5, 5.41) is 6.04. The number of carbonyl (C=O) groups excluding carboxylic acids is 2. The summed E-state index contributed by atoms with van der Waals surface area (Å²) < 4.78 is 0.943. The monoisotopic (exact) mass is 418 g/mol.